The predicted molar refractivity (Wildman–Crippen MR) is 251 cm³/mol. The number of nitrogens with zero attached hydrogens (tertiary/aromatic N) is 1. The van der Waals surface area contributed by atoms with Gasteiger partial charge in [-0.3, -0.25) is 0 Å². The molecule has 1 heteroatoms. The van der Waals surface area contributed by atoms with E-state index in [-0.39, 0.29) is 21.7 Å². The van der Waals surface area contributed by atoms with Crippen LogP contribution in [-0.4, -0.2) is 0 Å². The molecule has 0 aromatic heterocycles. The summed E-state index contributed by atoms with van der Waals surface area (Å²) in [7, 11) is 0. The minimum atomic E-state index is -0.501. The van der Waals surface area contributed by atoms with Crippen LogP contribution in [-0.2, 0) is 27.1 Å². The van der Waals surface area contributed by atoms with Crippen molar-refractivity contribution in [2.45, 2.75) is 103 Å². The summed E-state index contributed by atoms with van der Waals surface area (Å²) >= 11 is 0. The zero-order chi connectivity index (χ0) is 41.4. The summed E-state index contributed by atoms with van der Waals surface area (Å²) in [5.41, 5.74) is 23.3. The summed E-state index contributed by atoms with van der Waals surface area (Å²) in [6, 6.07) is 56.5. The number of benzene rings is 7. The van der Waals surface area contributed by atoms with Crippen molar-refractivity contribution in [3.05, 3.63) is 196 Å². The second-order valence-corrected chi connectivity index (χ2v) is 21.1. The van der Waals surface area contributed by atoms with Gasteiger partial charge in [-0.15, -0.1) is 0 Å². The quantitative estimate of drug-likeness (QED) is 0.173. The van der Waals surface area contributed by atoms with Crippen molar-refractivity contribution in [1.29, 1.82) is 0 Å². The zero-order valence-corrected chi connectivity index (χ0v) is 36.8. The molecule has 0 unspecified atom stereocenters. The molecule has 0 saturated carbocycles. The molecule has 0 radical (unpaired) electrons. The first-order valence-corrected chi connectivity index (χ1v) is 21.6. The second kappa shape index (κ2) is 12.4. The predicted octanol–water partition coefficient (Wildman–Crippen LogP) is 15.7. The highest BCUT2D eigenvalue weighted by molar-refractivity contribution is 5.97. The Kier molecular flexibility index (Phi) is 7.92. The third-order valence-electron chi connectivity index (χ3n) is 14.0. The molecule has 0 aliphatic heterocycles. The SMILES string of the molecule is CC(C)(C)c1ccc2c(c1)C1(c3cc(N(c4ccccc4)c4ccc5c(c4)C(C)(C)c4ccccc4-5)ccc3-2)c2cc(C(C)(C)C)ccc2-c2ccc(C(C)(C)C)cc21. The molecule has 0 amide bonds. The molecule has 0 atom stereocenters. The summed E-state index contributed by atoms with van der Waals surface area (Å²) in [6.45, 7) is 25.9. The van der Waals surface area contributed by atoms with Gasteiger partial charge in [0.2, 0.25) is 0 Å². The first-order chi connectivity index (χ1) is 27.9. The van der Waals surface area contributed by atoms with Crippen LogP contribution >= 0.6 is 0 Å². The third kappa shape index (κ3) is 5.43. The van der Waals surface area contributed by atoms with Gasteiger partial charge >= 0.3 is 0 Å². The summed E-state index contributed by atoms with van der Waals surface area (Å²) in [4.78, 5) is 2.49. The van der Waals surface area contributed by atoms with Crippen molar-refractivity contribution in [3.8, 4) is 33.4 Å². The van der Waals surface area contributed by atoms with Crippen molar-refractivity contribution >= 4 is 17.1 Å². The van der Waals surface area contributed by atoms with Crippen LogP contribution in [0.2, 0.25) is 0 Å². The van der Waals surface area contributed by atoms with Crippen molar-refractivity contribution in [2.75, 3.05) is 4.90 Å². The van der Waals surface area contributed by atoms with Crippen LogP contribution in [0.4, 0.5) is 17.1 Å². The van der Waals surface area contributed by atoms with Crippen LogP contribution in [0, 0.1) is 0 Å². The highest BCUT2D eigenvalue weighted by Crippen LogP contribution is 2.64. The van der Waals surface area contributed by atoms with Gasteiger partial charge in [0.05, 0.1) is 5.41 Å². The largest absolute Gasteiger partial charge is 0.310 e. The Hall–Kier alpha value is -5.66. The molecule has 0 fully saturated rings. The summed E-state index contributed by atoms with van der Waals surface area (Å²) in [5.74, 6) is 0. The number of anilines is 3. The Morgan fingerprint density at radius 1 is 0.322 bits per heavy atom. The average Bonchev–Trinajstić information content (AvgIpc) is 3.75. The van der Waals surface area contributed by atoms with E-state index >= 15 is 0 Å². The van der Waals surface area contributed by atoms with Crippen molar-refractivity contribution in [2.24, 2.45) is 0 Å². The van der Waals surface area contributed by atoms with Gasteiger partial charge in [-0.25, -0.2) is 0 Å². The van der Waals surface area contributed by atoms with Gasteiger partial charge in [-0.2, -0.15) is 0 Å². The van der Waals surface area contributed by atoms with E-state index in [9.17, 15) is 0 Å². The van der Waals surface area contributed by atoms with Crippen LogP contribution < -0.4 is 4.90 Å². The van der Waals surface area contributed by atoms with Crippen molar-refractivity contribution < 1.29 is 0 Å². The van der Waals surface area contributed by atoms with Crippen LogP contribution in [0.1, 0.15) is 126 Å². The van der Waals surface area contributed by atoms with Crippen molar-refractivity contribution in [3.63, 3.8) is 0 Å². The van der Waals surface area contributed by atoms with Crippen LogP contribution in [0.5, 0.6) is 0 Å². The Bertz CT molecular complexity index is 2740. The minimum absolute atomic E-state index is 0.00789. The maximum absolute atomic E-state index is 2.57. The lowest BCUT2D eigenvalue weighted by atomic mass is 9.68. The molecule has 0 bridgehead atoms. The van der Waals surface area contributed by atoms with E-state index in [0.717, 1.165) is 5.69 Å². The van der Waals surface area contributed by atoms with E-state index in [1.54, 1.807) is 0 Å². The van der Waals surface area contributed by atoms with E-state index < -0.39 is 5.41 Å². The number of hydrogen-bond donors (Lipinski definition) is 0. The Balaban J connectivity index is 1.28. The lowest BCUT2D eigenvalue weighted by Gasteiger charge is -2.34. The fourth-order valence-electron chi connectivity index (χ4n) is 10.6. The van der Waals surface area contributed by atoms with Gasteiger partial charge in [0.15, 0.2) is 0 Å². The smallest absolute Gasteiger partial charge is 0.0726 e. The van der Waals surface area contributed by atoms with Crippen molar-refractivity contribution in [1.82, 2.24) is 0 Å². The topological polar surface area (TPSA) is 3.24 Å². The first-order valence-electron chi connectivity index (χ1n) is 21.6. The Morgan fingerprint density at radius 3 is 1.14 bits per heavy atom. The molecule has 3 aliphatic carbocycles. The maximum Gasteiger partial charge on any atom is 0.0726 e. The maximum atomic E-state index is 2.57. The fourth-order valence-corrected chi connectivity index (χ4v) is 10.6. The zero-order valence-electron chi connectivity index (χ0n) is 36.8. The molecule has 59 heavy (non-hydrogen) atoms. The summed E-state index contributed by atoms with van der Waals surface area (Å²) < 4.78 is 0. The van der Waals surface area contributed by atoms with E-state index in [4.69, 9.17) is 0 Å². The molecular weight excluding hydrogens is 711 g/mol. The molecule has 294 valence electrons. The average molecular weight is 768 g/mol. The molecular formula is C58H57N. The van der Waals surface area contributed by atoms with Gasteiger partial charge in [0.1, 0.15) is 0 Å². The van der Waals surface area contributed by atoms with Gasteiger partial charge in [0, 0.05) is 22.5 Å². The van der Waals surface area contributed by atoms with Gasteiger partial charge in [0.25, 0.3) is 0 Å². The lowest BCUT2D eigenvalue weighted by Crippen LogP contribution is -2.28. The second-order valence-electron chi connectivity index (χ2n) is 21.1. The molecule has 10 rings (SSSR count). The lowest BCUT2D eigenvalue weighted by molar-refractivity contribution is 0.584. The standard InChI is InChI=1S/C58H57N/c1-54(2,3)36-21-26-44-45-27-22-37(55(4,5)6)32-51(45)58(50(44)31-36)52-33-38(56(7,8)9)23-28-46(52)47-30-25-41(35-53(47)58)59(39-17-13-12-14-18-39)40-24-29-43-42-19-15-16-20-48(42)57(10,11)49(43)34-40/h12-35H,1-11H3. The normalized spacial score (nSPS) is 15.3. The van der Waals surface area contributed by atoms with E-state index in [1.807, 2.05) is 0 Å². The molecule has 0 heterocycles. The monoisotopic (exact) mass is 767 g/mol. The van der Waals surface area contributed by atoms with Gasteiger partial charge < -0.3 is 4.90 Å². The molecule has 7 aromatic carbocycles. The van der Waals surface area contributed by atoms with Gasteiger partial charge in [-0.1, -0.05) is 185 Å². The third-order valence-corrected chi connectivity index (χ3v) is 14.0. The summed E-state index contributed by atoms with van der Waals surface area (Å²) in [6.07, 6.45) is 0. The molecule has 3 aliphatic rings. The highest BCUT2D eigenvalue weighted by Gasteiger charge is 2.53. The summed E-state index contributed by atoms with van der Waals surface area (Å²) in [5, 5.41) is 0. The van der Waals surface area contributed by atoms with E-state index in [0.29, 0.717) is 0 Å². The van der Waals surface area contributed by atoms with Crippen LogP contribution in [0.3, 0.4) is 0 Å². The number of rotatable bonds is 3. The number of hydrogen-bond acceptors (Lipinski definition) is 1. The Labute approximate surface area is 352 Å². The van der Waals surface area contributed by atoms with Gasteiger partial charge in [-0.05, 0) is 136 Å². The molecule has 7 aromatic rings. The highest BCUT2D eigenvalue weighted by atomic mass is 15.1. The van der Waals surface area contributed by atoms with Crippen LogP contribution in [0.25, 0.3) is 33.4 Å². The molecule has 1 spiro atoms. The minimum Gasteiger partial charge on any atom is -0.310 e. The number of para-hydroxylation sites is 1. The van der Waals surface area contributed by atoms with E-state index in [2.05, 4.69) is 227 Å². The van der Waals surface area contributed by atoms with E-state index in [1.165, 1.54) is 94.8 Å². The molecule has 0 N–H and O–H groups in total. The molecule has 1 nitrogen and oxygen atoms in total. The molecule has 0 saturated heterocycles. The van der Waals surface area contributed by atoms with Crippen LogP contribution in [0.15, 0.2) is 146 Å². The Morgan fingerprint density at radius 2 is 0.678 bits per heavy atom. The first kappa shape index (κ1) is 37.6. The fraction of sp³-hybridized carbons (Fsp3) is 0.276. The number of fused-ring (bicyclic) bond motifs is 13.